The average Bonchev–Trinajstić information content (AvgIpc) is 3.37. The van der Waals surface area contributed by atoms with E-state index in [-0.39, 0.29) is 11.9 Å². The van der Waals surface area contributed by atoms with E-state index in [1.54, 1.807) is 0 Å². The van der Waals surface area contributed by atoms with Gasteiger partial charge in [0.25, 0.3) is 0 Å². The molecule has 0 aromatic heterocycles. The highest BCUT2D eigenvalue weighted by molar-refractivity contribution is 6.17. The molecule has 1 fully saturated rings. The zero-order valence-corrected chi connectivity index (χ0v) is 17.0. The van der Waals surface area contributed by atoms with E-state index >= 15 is 0 Å². The normalized spacial score (nSPS) is 14.2. The second-order valence-electron chi connectivity index (χ2n) is 6.35. The Morgan fingerprint density at radius 1 is 1.00 bits per heavy atom. The molecule has 0 bridgehead atoms. The minimum absolute atomic E-state index is 0.137. The van der Waals surface area contributed by atoms with Gasteiger partial charge in [-0.05, 0) is 35.1 Å². The van der Waals surface area contributed by atoms with Crippen molar-refractivity contribution in [2.75, 3.05) is 25.7 Å². The molecule has 146 valence electrons. The summed E-state index contributed by atoms with van der Waals surface area (Å²) in [5.74, 6) is 0.754. The Morgan fingerprint density at radius 3 is 1.89 bits per heavy atom. The van der Waals surface area contributed by atoms with Crippen molar-refractivity contribution in [1.29, 1.82) is 0 Å². The molecule has 1 saturated heterocycles. The highest BCUT2D eigenvalue weighted by atomic mass is 35.5. The van der Waals surface area contributed by atoms with E-state index in [9.17, 15) is 4.79 Å². The van der Waals surface area contributed by atoms with Crippen LogP contribution in [0.4, 0.5) is 0 Å². The van der Waals surface area contributed by atoms with Gasteiger partial charge in [0.05, 0.1) is 0 Å². The van der Waals surface area contributed by atoms with Crippen LogP contribution in [0.25, 0.3) is 11.1 Å². The Labute approximate surface area is 167 Å². The van der Waals surface area contributed by atoms with E-state index in [1.807, 2.05) is 26.0 Å². The molecule has 4 rings (SSSR count). The first-order chi connectivity index (χ1) is 13.2. The Balaban J connectivity index is 0.000000274. The van der Waals surface area contributed by atoms with E-state index in [1.165, 1.54) is 35.1 Å². The molecule has 2 aromatic rings. The highest BCUT2D eigenvalue weighted by Crippen LogP contribution is 2.44. The number of esters is 1. The number of hydrogen-bond acceptors (Lipinski definition) is 3. The van der Waals surface area contributed by atoms with Crippen LogP contribution in [0.5, 0.6) is 0 Å². The highest BCUT2D eigenvalue weighted by Gasteiger charge is 2.28. The molecule has 2 aliphatic rings. The van der Waals surface area contributed by atoms with E-state index in [0.717, 1.165) is 19.1 Å². The number of halogens is 1. The predicted molar refractivity (Wildman–Crippen MR) is 111 cm³/mol. The first kappa shape index (κ1) is 21.5. The van der Waals surface area contributed by atoms with Crippen LogP contribution in [-0.4, -0.2) is 31.7 Å². The minimum Gasteiger partial charge on any atom is -0.465 e. The maximum absolute atomic E-state index is 11.4. The first-order valence-corrected chi connectivity index (χ1v) is 10.2. The third kappa shape index (κ3) is 6.08. The van der Waals surface area contributed by atoms with Crippen LogP contribution in [0.15, 0.2) is 48.5 Å². The zero-order chi connectivity index (χ0) is 19.5. The largest absolute Gasteiger partial charge is 0.465 e. The maximum Gasteiger partial charge on any atom is 0.305 e. The number of carbonyl (C=O) groups is 1. The number of fused-ring (bicyclic) bond motifs is 3. The summed E-state index contributed by atoms with van der Waals surface area (Å²) >= 11 is 5.00. The Bertz CT molecular complexity index is 657. The van der Waals surface area contributed by atoms with Crippen molar-refractivity contribution >= 4 is 17.6 Å². The van der Waals surface area contributed by atoms with Crippen LogP contribution in [-0.2, 0) is 14.3 Å². The molecule has 0 saturated carbocycles. The van der Waals surface area contributed by atoms with Gasteiger partial charge in [-0.3, -0.25) is 4.79 Å². The summed E-state index contributed by atoms with van der Waals surface area (Å²) in [5, 5.41) is 0. The Hall–Kier alpha value is -1.84. The lowest BCUT2D eigenvalue weighted by Gasteiger charge is -2.13. The smallest absolute Gasteiger partial charge is 0.305 e. The lowest BCUT2D eigenvalue weighted by atomic mass is 9.98. The molecule has 1 heterocycles. The van der Waals surface area contributed by atoms with E-state index in [2.05, 4.69) is 36.4 Å². The number of benzene rings is 2. The summed E-state index contributed by atoms with van der Waals surface area (Å²) in [6, 6.07) is 16.7. The van der Waals surface area contributed by atoms with Gasteiger partial charge >= 0.3 is 5.97 Å². The molecule has 1 aliphatic heterocycles. The van der Waals surface area contributed by atoms with Gasteiger partial charge in [0, 0.05) is 31.4 Å². The summed E-state index contributed by atoms with van der Waals surface area (Å²) in [4.78, 5) is 11.4. The van der Waals surface area contributed by atoms with Gasteiger partial charge < -0.3 is 9.47 Å². The molecule has 27 heavy (non-hydrogen) atoms. The molecule has 0 unspecified atom stereocenters. The number of alkyl halides is 1. The fraction of sp³-hybridized carbons (Fsp3) is 0.435. The van der Waals surface area contributed by atoms with Gasteiger partial charge in [0.1, 0.15) is 6.61 Å². The van der Waals surface area contributed by atoms with Crippen molar-refractivity contribution in [3.8, 4) is 11.1 Å². The summed E-state index contributed by atoms with van der Waals surface area (Å²) < 4.78 is 10.3. The molecular formula is C23H29ClO3. The van der Waals surface area contributed by atoms with Crippen molar-refractivity contribution < 1.29 is 14.3 Å². The average molecular weight is 389 g/mol. The molecular weight excluding hydrogens is 360 g/mol. The second-order valence-corrected chi connectivity index (χ2v) is 6.88. The zero-order valence-electron chi connectivity index (χ0n) is 16.2. The molecule has 0 amide bonds. The van der Waals surface area contributed by atoms with Crippen LogP contribution < -0.4 is 0 Å². The Morgan fingerprint density at radius 2 is 1.48 bits per heavy atom. The third-order valence-corrected chi connectivity index (χ3v) is 4.49. The molecule has 0 spiro atoms. The van der Waals surface area contributed by atoms with Crippen LogP contribution in [0, 0.1) is 0 Å². The fourth-order valence-corrected chi connectivity index (χ4v) is 3.23. The monoisotopic (exact) mass is 388 g/mol. The van der Waals surface area contributed by atoms with Crippen LogP contribution in [0.3, 0.4) is 0 Å². The number of carbonyl (C=O) groups excluding carboxylic acids is 1. The molecule has 3 nitrogen and oxygen atoms in total. The molecule has 4 heteroatoms. The summed E-state index contributed by atoms with van der Waals surface area (Å²) in [6.07, 6.45) is 2.98. The lowest BCUT2D eigenvalue weighted by molar-refractivity contribution is -0.143. The van der Waals surface area contributed by atoms with Crippen LogP contribution >= 0.6 is 11.6 Å². The van der Waals surface area contributed by atoms with E-state index in [4.69, 9.17) is 21.1 Å². The van der Waals surface area contributed by atoms with Crippen molar-refractivity contribution in [2.24, 2.45) is 0 Å². The quantitative estimate of drug-likeness (QED) is 0.492. The van der Waals surface area contributed by atoms with E-state index in [0.29, 0.717) is 13.0 Å². The van der Waals surface area contributed by atoms with Gasteiger partial charge in [0.15, 0.2) is 0 Å². The Kier molecular flexibility index (Phi) is 9.37. The van der Waals surface area contributed by atoms with Gasteiger partial charge in [-0.25, -0.2) is 0 Å². The topological polar surface area (TPSA) is 35.5 Å². The van der Waals surface area contributed by atoms with Crippen molar-refractivity contribution in [2.45, 2.75) is 39.0 Å². The predicted octanol–water partition coefficient (Wildman–Crippen LogP) is 5.79. The standard InChI is InChI=1S/C17H16O2.C4H8O.C2H5Cl/c1-2-17(18)19-11-16-14-9-5-3-7-12(14)13-8-4-6-10-15(13)16;1-2-4-5-3-1;1-2-3/h3-10,16H,2,11H2,1H3;1-4H2;2H2,1H3. The molecule has 0 N–H and O–H groups in total. The summed E-state index contributed by atoms with van der Waals surface area (Å²) in [7, 11) is 0. The number of ether oxygens (including phenoxy) is 2. The van der Waals surface area contributed by atoms with Gasteiger partial charge in [-0.2, -0.15) is 0 Å². The van der Waals surface area contributed by atoms with Gasteiger partial charge in [0.2, 0.25) is 0 Å². The minimum atomic E-state index is -0.137. The lowest BCUT2D eigenvalue weighted by Crippen LogP contribution is -2.11. The van der Waals surface area contributed by atoms with Gasteiger partial charge in [-0.15, -0.1) is 11.6 Å². The first-order valence-electron chi connectivity index (χ1n) is 9.70. The second kappa shape index (κ2) is 11.8. The summed E-state index contributed by atoms with van der Waals surface area (Å²) in [5.41, 5.74) is 5.03. The molecule has 0 atom stereocenters. The number of rotatable bonds is 3. The number of hydrogen-bond donors (Lipinski definition) is 0. The van der Waals surface area contributed by atoms with Crippen LogP contribution in [0.2, 0.25) is 0 Å². The summed E-state index contributed by atoms with van der Waals surface area (Å²) in [6.45, 7) is 6.14. The SMILES string of the molecule is C1CCOC1.CCC(=O)OCC1c2ccccc2-c2ccccc21.CCCl. The van der Waals surface area contributed by atoms with E-state index < -0.39 is 0 Å². The maximum atomic E-state index is 11.4. The van der Waals surface area contributed by atoms with Crippen molar-refractivity contribution in [3.63, 3.8) is 0 Å². The van der Waals surface area contributed by atoms with Crippen molar-refractivity contribution in [1.82, 2.24) is 0 Å². The third-order valence-electron chi connectivity index (χ3n) is 4.49. The molecule has 0 radical (unpaired) electrons. The van der Waals surface area contributed by atoms with Gasteiger partial charge in [-0.1, -0.05) is 62.4 Å². The fourth-order valence-electron chi connectivity index (χ4n) is 3.23. The molecule has 2 aromatic carbocycles. The molecule has 1 aliphatic carbocycles. The van der Waals surface area contributed by atoms with Crippen LogP contribution in [0.1, 0.15) is 50.2 Å². The van der Waals surface area contributed by atoms with Crippen molar-refractivity contribution in [3.05, 3.63) is 59.7 Å².